The number of carbonyl (C=O) groups is 2. The smallest absolute Gasteiger partial charge is 0.306 e. The van der Waals surface area contributed by atoms with Crippen molar-refractivity contribution in [1.29, 1.82) is 0 Å². The van der Waals surface area contributed by atoms with Crippen molar-refractivity contribution in [3.8, 4) is 0 Å². The highest BCUT2D eigenvalue weighted by Gasteiger charge is 2.12. The Balaban J connectivity index is 3.68. The monoisotopic (exact) mass is 288 g/mol. The van der Waals surface area contributed by atoms with Gasteiger partial charge in [-0.25, -0.2) is 0 Å². The van der Waals surface area contributed by atoms with Crippen LogP contribution in [0.5, 0.6) is 0 Å². The molecule has 0 saturated carbocycles. The van der Waals surface area contributed by atoms with Crippen molar-refractivity contribution in [3.63, 3.8) is 0 Å². The summed E-state index contributed by atoms with van der Waals surface area (Å²) in [5.74, 6) is -0.396. The predicted octanol–water partition coefficient (Wildman–Crippen LogP) is 2.86. The fourth-order valence-corrected chi connectivity index (χ4v) is 1.47. The van der Waals surface area contributed by atoms with Crippen molar-refractivity contribution in [3.05, 3.63) is 0 Å². The highest BCUT2D eigenvalue weighted by molar-refractivity contribution is 5.69. The third-order valence-corrected chi connectivity index (χ3v) is 2.62. The molecule has 0 aliphatic carbocycles. The summed E-state index contributed by atoms with van der Waals surface area (Å²) in [6, 6.07) is 0. The molecule has 0 amide bonds. The number of ether oxygens (including phenoxy) is 3. The number of carbonyl (C=O) groups excluding carboxylic acids is 2. The number of esters is 2. The molecule has 5 heteroatoms. The number of rotatable bonds is 11. The third kappa shape index (κ3) is 10.8. The van der Waals surface area contributed by atoms with Crippen LogP contribution in [0.25, 0.3) is 0 Å². The van der Waals surface area contributed by atoms with Crippen molar-refractivity contribution in [2.75, 3.05) is 13.2 Å². The second-order valence-corrected chi connectivity index (χ2v) is 4.98. The van der Waals surface area contributed by atoms with Gasteiger partial charge in [-0.05, 0) is 26.7 Å². The largest absolute Gasteiger partial charge is 0.463 e. The first kappa shape index (κ1) is 18.9. The first-order chi connectivity index (χ1) is 9.49. The first-order valence-electron chi connectivity index (χ1n) is 7.46. The van der Waals surface area contributed by atoms with Gasteiger partial charge in [0, 0.05) is 12.8 Å². The summed E-state index contributed by atoms with van der Waals surface area (Å²) in [6.45, 7) is 8.11. The Kier molecular flexibility index (Phi) is 11.1. The molecule has 20 heavy (non-hydrogen) atoms. The molecule has 0 heterocycles. The Morgan fingerprint density at radius 3 is 2.20 bits per heavy atom. The minimum absolute atomic E-state index is 0.190. The topological polar surface area (TPSA) is 61.8 Å². The molecule has 5 nitrogen and oxygen atoms in total. The Hall–Kier alpha value is -1.10. The van der Waals surface area contributed by atoms with Gasteiger partial charge >= 0.3 is 11.9 Å². The highest BCUT2D eigenvalue weighted by Crippen LogP contribution is 2.02. The fraction of sp³-hybridized carbons (Fsp3) is 0.867. The van der Waals surface area contributed by atoms with E-state index in [9.17, 15) is 9.59 Å². The molecule has 2 unspecified atom stereocenters. The van der Waals surface area contributed by atoms with E-state index >= 15 is 0 Å². The lowest BCUT2D eigenvalue weighted by atomic mass is 10.2. The maximum absolute atomic E-state index is 11.3. The molecule has 0 aliphatic heterocycles. The van der Waals surface area contributed by atoms with Crippen molar-refractivity contribution < 1.29 is 23.8 Å². The van der Waals surface area contributed by atoms with Crippen molar-refractivity contribution >= 4 is 11.9 Å². The average molecular weight is 288 g/mol. The van der Waals surface area contributed by atoms with Gasteiger partial charge in [-0.3, -0.25) is 9.59 Å². The zero-order valence-electron chi connectivity index (χ0n) is 13.1. The minimum Gasteiger partial charge on any atom is -0.463 e. The molecule has 0 aromatic heterocycles. The Morgan fingerprint density at radius 2 is 1.60 bits per heavy atom. The number of hydrogen-bond donors (Lipinski definition) is 0. The van der Waals surface area contributed by atoms with Crippen molar-refractivity contribution in [1.82, 2.24) is 0 Å². The molecule has 0 aliphatic rings. The summed E-state index contributed by atoms with van der Waals surface area (Å²) in [5.41, 5.74) is 0. The molecule has 0 saturated heterocycles. The molecular formula is C15H28O5. The molecule has 0 aromatic carbocycles. The highest BCUT2D eigenvalue weighted by atomic mass is 16.6. The predicted molar refractivity (Wildman–Crippen MR) is 76.4 cm³/mol. The van der Waals surface area contributed by atoms with Crippen LogP contribution >= 0.6 is 0 Å². The van der Waals surface area contributed by atoms with Crippen LogP contribution in [0.2, 0.25) is 0 Å². The lowest BCUT2D eigenvalue weighted by Gasteiger charge is -2.17. The number of unbranched alkanes of at least 4 members (excludes halogenated alkanes) is 1. The van der Waals surface area contributed by atoms with E-state index in [-0.39, 0.29) is 30.8 Å². The number of hydrogen-bond acceptors (Lipinski definition) is 5. The van der Waals surface area contributed by atoms with E-state index in [1.807, 2.05) is 20.8 Å². The lowest BCUT2D eigenvalue weighted by Crippen LogP contribution is -2.26. The zero-order valence-corrected chi connectivity index (χ0v) is 13.1. The first-order valence-corrected chi connectivity index (χ1v) is 7.46. The van der Waals surface area contributed by atoms with Crippen LogP contribution in [0.3, 0.4) is 0 Å². The van der Waals surface area contributed by atoms with Crippen LogP contribution < -0.4 is 0 Å². The van der Waals surface area contributed by atoms with Gasteiger partial charge in [0.05, 0.1) is 12.7 Å². The maximum Gasteiger partial charge on any atom is 0.306 e. The van der Waals surface area contributed by atoms with E-state index < -0.39 is 0 Å². The molecular weight excluding hydrogens is 260 g/mol. The SMILES string of the molecule is CCCCC(=O)OCC(C)OCC(C)OC(=O)CCC. The summed E-state index contributed by atoms with van der Waals surface area (Å²) in [5, 5.41) is 0. The average Bonchev–Trinajstić information content (AvgIpc) is 2.40. The second kappa shape index (κ2) is 11.7. The lowest BCUT2D eigenvalue weighted by molar-refractivity contribution is -0.154. The van der Waals surface area contributed by atoms with Gasteiger partial charge < -0.3 is 14.2 Å². The van der Waals surface area contributed by atoms with E-state index in [1.54, 1.807) is 6.92 Å². The van der Waals surface area contributed by atoms with Crippen molar-refractivity contribution in [2.45, 2.75) is 72.0 Å². The zero-order chi connectivity index (χ0) is 15.4. The van der Waals surface area contributed by atoms with Crippen LogP contribution in [-0.4, -0.2) is 37.4 Å². The van der Waals surface area contributed by atoms with Gasteiger partial charge in [-0.15, -0.1) is 0 Å². The second-order valence-electron chi connectivity index (χ2n) is 4.98. The summed E-state index contributed by atoms with van der Waals surface area (Å²) in [4.78, 5) is 22.6. The van der Waals surface area contributed by atoms with Crippen LogP contribution in [0.1, 0.15) is 59.8 Å². The van der Waals surface area contributed by atoms with Crippen LogP contribution in [-0.2, 0) is 23.8 Å². The molecule has 2 atom stereocenters. The maximum atomic E-state index is 11.3. The molecule has 0 spiro atoms. The van der Waals surface area contributed by atoms with Crippen molar-refractivity contribution in [2.24, 2.45) is 0 Å². The fourth-order valence-electron chi connectivity index (χ4n) is 1.47. The van der Waals surface area contributed by atoms with Gasteiger partial charge in [-0.1, -0.05) is 20.3 Å². The molecule has 0 N–H and O–H groups in total. The van der Waals surface area contributed by atoms with Gasteiger partial charge in [0.1, 0.15) is 12.7 Å². The molecule has 0 radical (unpaired) electrons. The quantitative estimate of drug-likeness (QED) is 0.547. The van der Waals surface area contributed by atoms with Gasteiger partial charge in [0.2, 0.25) is 0 Å². The minimum atomic E-state index is -0.285. The molecule has 0 bridgehead atoms. The summed E-state index contributed by atoms with van der Waals surface area (Å²) in [6.07, 6.45) is 2.99. The van der Waals surface area contributed by atoms with E-state index in [0.717, 1.165) is 19.3 Å². The van der Waals surface area contributed by atoms with Crippen LogP contribution in [0.4, 0.5) is 0 Å². The standard InChI is InChI=1S/C15H28O5/c1-5-7-9-14(16)19-10-12(3)18-11-13(4)20-15(17)8-6-2/h12-13H,5-11H2,1-4H3. The molecule has 0 fully saturated rings. The third-order valence-electron chi connectivity index (χ3n) is 2.62. The van der Waals surface area contributed by atoms with E-state index in [4.69, 9.17) is 14.2 Å². The summed E-state index contributed by atoms with van der Waals surface area (Å²) >= 11 is 0. The van der Waals surface area contributed by atoms with Gasteiger partial charge in [0.15, 0.2) is 0 Å². The Labute approximate surface area is 122 Å². The van der Waals surface area contributed by atoms with E-state index in [2.05, 4.69) is 0 Å². The molecule has 118 valence electrons. The van der Waals surface area contributed by atoms with E-state index in [1.165, 1.54) is 0 Å². The Bertz CT molecular complexity index is 277. The van der Waals surface area contributed by atoms with Crippen LogP contribution in [0, 0.1) is 0 Å². The van der Waals surface area contributed by atoms with Gasteiger partial charge in [-0.2, -0.15) is 0 Å². The van der Waals surface area contributed by atoms with Gasteiger partial charge in [0.25, 0.3) is 0 Å². The molecule has 0 aromatic rings. The van der Waals surface area contributed by atoms with Crippen LogP contribution in [0.15, 0.2) is 0 Å². The summed E-state index contributed by atoms with van der Waals surface area (Å²) < 4.78 is 15.7. The Morgan fingerprint density at radius 1 is 0.900 bits per heavy atom. The summed E-state index contributed by atoms with van der Waals surface area (Å²) in [7, 11) is 0. The van der Waals surface area contributed by atoms with E-state index in [0.29, 0.717) is 19.4 Å². The molecule has 0 rings (SSSR count). The normalized spacial score (nSPS) is 13.6.